The molecule has 0 radical (unpaired) electrons. The predicted octanol–water partition coefficient (Wildman–Crippen LogP) is 3.93. The van der Waals surface area contributed by atoms with Gasteiger partial charge in [0.15, 0.2) is 0 Å². The first-order valence-electron chi connectivity index (χ1n) is 9.44. The summed E-state index contributed by atoms with van der Waals surface area (Å²) in [5, 5.41) is -0.0400. The van der Waals surface area contributed by atoms with Crippen LogP contribution in [0.1, 0.15) is 46.8 Å². The Bertz CT molecular complexity index is 803. The number of piperidine rings is 1. The van der Waals surface area contributed by atoms with Crippen LogP contribution in [-0.4, -0.2) is 40.5 Å². The van der Waals surface area contributed by atoms with E-state index in [4.69, 9.17) is 4.42 Å². The van der Waals surface area contributed by atoms with Crippen molar-refractivity contribution in [3.8, 4) is 0 Å². The third-order valence-electron chi connectivity index (χ3n) is 5.26. The molecule has 2 aliphatic rings. The molecule has 1 aromatic heterocycles. The van der Waals surface area contributed by atoms with Gasteiger partial charge >= 0.3 is 0 Å². The molecule has 2 fully saturated rings. The Hall–Kier alpha value is -2.21. The van der Waals surface area contributed by atoms with E-state index < -0.39 is 0 Å². The van der Waals surface area contributed by atoms with Gasteiger partial charge in [-0.3, -0.25) is 9.59 Å². The fraction of sp³-hybridized carbons (Fsp3) is 0.429. The molecule has 1 aromatic carbocycles. The van der Waals surface area contributed by atoms with Crippen LogP contribution in [0, 0.1) is 5.92 Å². The van der Waals surface area contributed by atoms with Crippen molar-refractivity contribution in [2.24, 2.45) is 5.92 Å². The van der Waals surface area contributed by atoms with Gasteiger partial charge in [-0.25, -0.2) is 0 Å². The van der Waals surface area contributed by atoms with Crippen molar-refractivity contribution in [1.82, 2.24) is 9.80 Å². The van der Waals surface area contributed by atoms with Crippen molar-refractivity contribution in [3.63, 3.8) is 0 Å². The smallest absolute Gasteiger partial charge is 0.253 e. The van der Waals surface area contributed by atoms with Gasteiger partial charge in [-0.1, -0.05) is 19.1 Å². The third-order valence-corrected chi connectivity index (χ3v) is 6.52. The largest absolute Gasteiger partial charge is 0.467 e. The summed E-state index contributed by atoms with van der Waals surface area (Å²) >= 11 is 1.62. The van der Waals surface area contributed by atoms with Crippen molar-refractivity contribution in [2.45, 2.75) is 31.7 Å². The second-order valence-corrected chi connectivity index (χ2v) is 8.45. The molecule has 2 aromatic rings. The lowest BCUT2D eigenvalue weighted by molar-refractivity contribution is -0.128. The number of thioether (sulfide) groups is 1. The number of nitrogens with zero attached hydrogens (tertiary/aromatic N) is 2. The molecule has 0 bridgehead atoms. The van der Waals surface area contributed by atoms with E-state index in [1.165, 1.54) is 6.42 Å². The molecule has 2 amide bonds. The first-order valence-corrected chi connectivity index (χ1v) is 10.5. The minimum Gasteiger partial charge on any atom is -0.467 e. The number of hydrogen-bond acceptors (Lipinski definition) is 4. The summed E-state index contributed by atoms with van der Waals surface area (Å²) in [7, 11) is 0. The average molecular weight is 385 g/mol. The molecule has 2 atom stereocenters. The summed E-state index contributed by atoms with van der Waals surface area (Å²) < 4.78 is 5.40. The van der Waals surface area contributed by atoms with Crippen LogP contribution in [0.15, 0.2) is 47.1 Å². The quantitative estimate of drug-likeness (QED) is 0.802. The van der Waals surface area contributed by atoms with Gasteiger partial charge in [-0.15, -0.1) is 11.8 Å². The van der Waals surface area contributed by atoms with Gasteiger partial charge in [0.1, 0.15) is 11.1 Å². The minimum absolute atomic E-state index is 0.0400. The standard InChI is InChI=1S/C21H24N2O3S/c1-15-4-2-10-22(12-15)20(25)16-6-8-17(9-7-16)21-23(19(24)14-27-21)13-18-5-3-11-26-18/h3,5-9,11,15,21H,2,4,10,12-14H2,1H3/t15-,21+/m1/s1. The Morgan fingerprint density at radius 1 is 1.26 bits per heavy atom. The Labute approximate surface area is 163 Å². The molecule has 6 heteroatoms. The van der Waals surface area contributed by atoms with E-state index in [1.807, 2.05) is 46.2 Å². The summed E-state index contributed by atoms with van der Waals surface area (Å²) in [5.41, 5.74) is 1.76. The summed E-state index contributed by atoms with van der Waals surface area (Å²) in [6.45, 7) is 4.35. The Morgan fingerprint density at radius 2 is 2.07 bits per heavy atom. The highest BCUT2D eigenvalue weighted by molar-refractivity contribution is 8.00. The van der Waals surface area contributed by atoms with Crippen LogP contribution < -0.4 is 0 Å². The van der Waals surface area contributed by atoms with Gasteiger partial charge < -0.3 is 14.2 Å². The molecule has 2 aliphatic heterocycles. The van der Waals surface area contributed by atoms with E-state index in [0.29, 0.717) is 18.2 Å². The molecule has 142 valence electrons. The van der Waals surface area contributed by atoms with Crippen LogP contribution in [0.5, 0.6) is 0 Å². The van der Waals surface area contributed by atoms with E-state index >= 15 is 0 Å². The molecule has 2 saturated heterocycles. The Balaban J connectivity index is 1.48. The van der Waals surface area contributed by atoms with E-state index in [9.17, 15) is 9.59 Å². The number of furan rings is 1. The number of benzene rings is 1. The van der Waals surface area contributed by atoms with Crippen LogP contribution in [-0.2, 0) is 11.3 Å². The Morgan fingerprint density at radius 3 is 2.78 bits per heavy atom. The zero-order valence-electron chi connectivity index (χ0n) is 15.5. The van der Waals surface area contributed by atoms with Crippen LogP contribution in [0.25, 0.3) is 0 Å². The maximum atomic E-state index is 12.7. The van der Waals surface area contributed by atoms with E-state index in [-0.39, 0.29) is 17.2 Å². The van der Waals surface area contributed by atoms with Crippen molar-refractivity contribution >= 4 is 23.6 Å². The summed E-state index contributed by atoms with van der Waals surface area (Å²) in [5.74, 6) is 2.04. The number of likely N-dealkylation sites (tertiary alicyclic amines) is 1. The van der Waals surface area contributed by atoms with Crippen molar-refractivity contribution in [3.05, 3.63) is 59.5 Å². The van der Waals surface area contributed by atoms with Crippen molar-refractivity contribution in [2.75, 3.05) is 18.8 Å². The predicted molar refractivity (Wildman–Crippen MR) is 105 cm³/mol. The molecule has 0 spiro atoms. The summed E-state index contributed by atoms with van der Waals surface area (Å²) in [6, 6.07) is 11.5. The molecule has 27 heavy (non-hydrogen) atoms. The monoisotopic (exact) mass is 384 g/mol. The van der Waals surface area contributed by atoms with Gasteiger partial charge in [-0.2, -0.15) is 0 Å². The van der Waals surface area contributed by atoms with Gasteiger partial charge in [0.05, 0.1) is 18.6 Å². The third kappa shape index (κ3) is 3.90. The fourth-order valence-corrected chi connectivity index (χ4v) is 5.01. The Kier molecular flexibility index (Phi) is 5.25. The lowest BCUT2D eigenvalue weighted by Gasteiger charge is -2.31. The van der Waals surface area contributed by atoms with Crippen molar-refractivity contribution < 1.29 is 14.0 Å². The second kappa shape index (κ2) is 7.80. The maximum absolute atomic E-state index is 12.7. The molecular formula is C21H24N2O3S. The zero-order chi connectivity index (χ0) is 18.8. The summed E-state index contributed by atoms with van der Waals surface area (Å²) in [6.07, 6.45) is 3.90. The van der Waals surface area contributed by atoms with Crippen molar-refractivity contribution in [1.29, 1.82) is 0 Å². The topological polar surface area (TPSA) is 53.8 Å². The normalized spacial score (nSPS) is 23.1. The fourth-order valence-electron chi connectivity index (χ4n) is 3.82. The number of carbonyl (C=O) groups is 2. The lowest BCUT2D eigenvalue weighted by Crippen LogP contribution is -2.39. The number of amides is 2. The highest BCUT2D eigenvalue weighted by Crippen LogP contribution is 2.39. The first kappa shape index (κ1) is 18.2. The lowest BCUT2D eigenvalue weighted by atomic mass is 9.99. The van der Waals surface area contributed by atoms with Gasteiger partial charge in [0.25, 0.3) is 5.91 Å². The van der Waals surface area contributed by atoms with Crippen LogP contribution >= 0.6 is 11.8 Å². The van der Waals surface area contributed by atoms with E-state index in [1.54, 1.807) is 18.0 Å². The molecule has 0 aliphatic carbocycles. The van der Waals surface area contributed by atoms with Crippen LogP contribution in [0.2, 0.25) is 0 Å². The van der Waals surface area contributed by atoms with Crippen LogP contribution in [0.4, 0.5) is 0 Å². The molecule has 0 saturated carbocycles. The molecule has 0 unspecified atom stereocenters. The summed E-state index contributed by atoms with van der Waals surface area (Å²) in [4.78, 5) is 28.8. The molecule has 5 nitrogen and oxygen atoms in total. The average Bonchev–Trinajstić information content (AvgIpc) is 3.32. The highest BCUT2D eigenvalue weighted by Gasteiger charge is 2.33. The molecular weight excluding hydrogens is 360 g/mol. The highest BCUT2D eigenvalue weighted by atomic mass is 32.2. The molecule has 3 heterocycles. The SMILES string of the molecule is C[C@@H]1CCCN(C(=O)c2ccc([C@@H]3SCC(=O)N3Cc3ccco3)cc2)C1. The molecule has 0 N–H and O–H groups in total. The molecule has 4 rings (SSSR count). The van der Waals surface area contributed by atoms with Gasteiger partial charge in [0, 0.05) is 18.7 Å². The number of carbonyl (C=O) groups excluding carboxylic acids is 2. The van der Waals surface area contributed by atoms with Crippen LogP contribution in [0.3, 0.4) is 0 Å². The van der Waals surface area contributed by atoms with Gasteiger partial charge in [0.2, 0.25) is 5.91 Å². The number of rotatable bonds is 4. The van der Waals surface area contributed by atoms with Gasteiger partial charge in [-0.05, 0) is 48.6 Å². The zero-order valence-corrected chi connectivity index (χ0v) is 16.3. The number of hydrogen-bond donors (Lipinski definition) is 0. The second-order valence-electron chi connectivity index (χ2n) is 7.38. The maximum Gasteiger partial charge on any atom is 0.253 e. The first-order chi connectivity index (χ1) is 13.1. The minimum atomic E-state index is -0.0400. The van der Waals surface area contributed by atoms with E-state index in [0.717, 1.165) is 36.4 Å². The van der Waals surface area contributed by atoms with E-state index in [2.05, 4.69) is 6.92 Å².